The van der Waals surface area contributed by atoms with Crippen molar-refractivity contribution in [1.82, 2.24) is 5.32 Å². The molecule has 0 aromatic carbocycles. The van der Waals surface area contributed by atoms with Gasteiger partial charge >= 0.3 is 0 Å². The molecule has 58 valence electrons. The van der Waals surface area contributed by atoms with Gasteiger partial charge in [-0.05, 0) is 38.1 Å². The van der Waals surface area contributed by atoms with Crippen LogP contribution in [0.4, 0.5) is 0 Å². The fourth-order valence-electron chi connectivity index (χ4n) is 2.64. The Balaban J connectivity index is 2.01. The van der Waals surface area contributed by atoms with Crippen molar-refractivity contribution in [3.8, 4) is 0 Å². The molecule has 2 aliphatic rings. The van der Waals surface area contributed by atoms with E-state index < -0.39 is 0 Å². The molecule has 1 nitrogen and oxygen atoms in total. The molecule has 1 N–H and O–H groups in total. The van der Waals surface area contributed by atoms with Gasteiger partial charge in [0.2, 0.25) is 0 Å². The standard InChI is InChI=1S/C9H17N/c1-7-9-5-3-2-4-8(9)6-10-7/h7-10H,2-6H2,1H3/t7-,8-,9?/m1/s1. The Morgan fingerprint density at radius 1 is 1.20 bits per heavy atom. The molecule has 3 atom stereocenters. The van der Waals surface area contributed by atoms with Gasteiger partial charge in [-0.3, -0.25) is 0 Å². The fraction of sp³-hybridized carbons (Fsp3) is 1.00. The van der Waals surface area contributed by atoms with Gasteiger partial charge in [-0.2, -0.15) is 0 Å². The zero-order valence-corrected chi connectivity index (χ0v) is 6.77. The van der Waals surface area contributed by atoms with Crippen LogP contribution in [0.25, 0.3) is 0 Å². The van der Waals surface area contributed by atoms with Gasteiger partial charge in [0.25, 0.3) is 0 Å². The third-order valence-corrected chi connectivity index (χ3v) is 3.31. The number of hydrogen-bond donors (Lipinski definition) is 1. The largest absolute Gasteiger partial charge is 0.314 e. The average Bonchev–Trinajstić information content (AvgIpc) is 2.34. The molecule has 1 aliphatic carbocycles. The van der Waals surface area contributed by atoms with Crippen molar-refractivity contribution in [2.75, 3.05) is 6.54 Å². The zero-order valence-electron chi connectivity index (χ0n) is 6.77. The molecule has 0 aromatic rings. The van der Waals surface area contributed by atoms with Crippen LogP contribution in [0, 0.1) is 11.8 Å². The smallest absolute Gasteiger partial charge is 0.00702 e. The van der Waals surface area contributed by atoms with E-state index in [9.17, 15) is 0 Å². The number of rotatable bonds is 0. The third-order valence-electron chi connectivity index (χ3n) is 3.31. The van der Waals surface area contributed by atoms with Crippen molar-refractivity contribution in [3.63, 3.8) is 0 Å². The van der Waals surface area contributed by atoms with Gasteiger partial charge in [0.1, 0.15) is 0 Å². The maximum absolute atomic E-state index is 3.56. The maximum Gasteiger partial charge on any atom is 0.00702 e. The Hall–Kier alpha value is -0.0400. The SMILES string of the molecule is C[C@H]1NC[C@H]2CCCCC21. The van der Waals surface area contributed by atoms with Crippen LogP contribution in [0.2, 0.25) is 0 Å². The van der Waals surface area contributed by atoms with Crippen LogP contribution in [0.15, 0.2) is 0 Å². The van der Waals surface area contributed by atoms with Gasteiger partial charge in [0.15, 0.2) is 0 Å². The molecule has 1 heterocycles. The second kappa shape index (κ2) is 2.54. The first-order valence-electron chi connectivity index (χ1n) is 4.61. The van der Waals surface area contributed by atoms with Gasteiger partial charge in [-0.25, -0.2) is 0 Å². The van der Waals surface area contributed by atoms with Crippen molar-refractivity contribution in [1.29, 1.82) is 0 Å². The van der Waals surface area contributed by atoms with E-state index in [0.29, 0.717) is 0 Å². The minimum atomic E-state index is 0.810. The molecule has 0 aromatic heterocycles. The molecule has 0 bridgehead atoms. The molecule has 1 saturated heterocycles. The van der Waals surface area contributed by atoms with Crippen LogP contribution in [-0.2, 0) is 0 Å². The summed E-state index contributed by atoms with van der Waals surface area (Å²) < 4.78 is 0. The Morgan fingerprint density at radius 2 is 2.00 bits per heavy atom. The normalized spacial score (nSPS) is 47.1. The predicted molar refractivity (Wildman–Crippen MR) is 42.9 cm³/mol. The summed E-state index contributed by atoms with van der Waals surface area (Å²) in [6, 6.07) is 0.810. The number of hydrogen-bond acceptors (Lipinski definition) is 1. The Bertz CT molecular complexity index is 120. The monoisotopic (exact) mass is 139 g/mol. The van der Waals surface area contributed by atoms with Crippen LogP contribution >= 0.6 is 0 Å². The number of fused-ring (bicyclic) bond motifs is 1. The quantitative estimate of drug-likeness (QED) is 0.539. The van der Waals surface area contributed by atoms with Crippen molar-refractivity contribution in [2.45, 2.75) is 38.6 Å². The summed E-state index contributed by atoms with van der Waals surface area (Å²) in [7, 11) is 0. The first kappa shape index (κ1) is 6.66. The highest BCUT2D eigenvalue weighted by atomic mass is 15.0. The van der Waals surface area contributed by atoms with E-state index in [1.165, 1.54) is 32.2 Å². The van der Waals surface area contributed by atoms with E-state index in [4.69, 9.17) is 0 Å². The molecule has 1 saturated carbocycles. The topological polar surface area (TPSA) is 12.0 Å². The lowest BCUT2D eigenvalue weighted by molar-refractivity contribution is 0.272. The molecule has 1 heteroatoms. The van der Waals surface area contributed by atoms with E-state index in [-0.39, 0.29) is 0 Å². The lowest BCUT2D eigenvalue weighted by Crippen LogP contribution is -2.24. The summed E-state index contributed by atoms with van der Waals surface area (Å²) in [6.07, 6.45) is 5.93. The number of nitrogens with one attached hydrogen (secondary N) is 1. The maximum atomic E-state index is 3.56. The summed E-state index contributed by atoms with van der Waals surface area (Å²) in [4.78, 5) is 0. The minimum absolute atomic E-state index is 0.810. The van der Waals surface area contributed by atoms with E-state index in [0.717, 1.165) is 17.9 Å². The van der Waals surface area contributed by atoms with Crippen LogP contribution in [-0.4, -0.2) is 12.6 Å². The van der Waals surface area contributed by atoms with Crippen molar-refractivity contribution in [3.05, 3.63) is 0 Å². The van der Waals surface area contributed by atoms with E-state index in [1.54, 1.807) is 0 Å². The highest BCUT2D eigenvalue weighted by Crippen LogP contribution is 2.35. The molecule has 2 fully saturated rings. The van der Waals surface area contributed by atoms with Gasteiger partial charge in [-0.1, -0.05) is 12.8 Å². The van der Waals surface area contributed by atoms with E-state index >= 15 is 0 Å². The van der Waals surface area contributed by atoms with Gasteiger partial charge in [0.05, 0.1) is 0 Å². The summed E-state index contributed by atoms with van der Waals surface area (Å²) >= 11 is 0. The van der Waals surface area contributed by atoms with Crippen LogP contribution in [0.1, 0.15) is 32.6 Å². The van der Waals surface area contributed by atoms with E-state index in [2.05, 4.69) is 12.2 Å². The molecular weight excluding hydrogens is 122 g/mol. The van der Waals surface area contributed by atoms with Crippen LogP contribution in [0.3, 0.4) is 0 Å². The lowest BCUT2D eigenvalue weighted by Gasteiger charge is -2.26. The molecular formula is C9H17N. The van der Waals surface area contributed by atoms with Crippen molar-refractivity contribution < 1.29 is 0 Å². The summed E-state index contributed by atoms with van der Waals surface area (Å²) in [6.45, 7) is 3.64. The second-order valence-electron chi connectivity index (χ2n) is 3.91. The predicted octanol–water partition coefficient (Wildman–Crippen LogP) is 1.78. The lowest BCUT2D eigenvalue weighted by atomic mass is 9.79. The van der Waals surface area contributed by atoms with E-state index in [1.807, 2.05) is 0 Å². The third kappa shape index (κ3) is 0.968. The van der Waals surface area contributed by atoms with Crippen LogP contribution in [0.5, 0.6) is 0 Å². The Labute approximate surface area is 63.2 Å². The molecule has 0 amide bonds. The van der Waals surface area contributed by atoms with Gasteiger partial charge < -0.3 is 5.32 Å². The van der Waals surface area contributed by atoms with Gasteiger partial charge in [-0.15, -0.1) is 0 Å². The molecule has 1 aliphatic heterocycles. The second-order valence-corrected chi connectivity index (χ2v) is 3.91. The fourth-order valence-corrected chi connectivity index (χ4v) is 2.64. The molecule has 10 heavy (non-hydrogen) atoms. The molecule has 0 radical (unpaired) electrons. The Morgan fingerprint density at radius 3 is 2.80 bits per heavy atom. The zero-order chi connectivity index (χ0) is 6.97. The van der Waals surface area contributed by atoms with Gasteiger partial charge in [0, 0.05) is 6.04 Å². The van der Waals surface area contributed by atoms with Crippen LogP contribution < -0.4 is 5.32 Å². The summed E-state index contributed by atoms with van der Waals surface area (Å²) in [5.41, 5.74) is 0. The van der Waals surface area contributed by atoms with Crippen molar-refractivity contribution >= 4 is 0 Å². The Kier molecular flexibility index (Phi) is 1.69. The molecule has 1 unspecified atom stereocenters. The first-order valence-corrected chi connectivity index (χ1v) is 4.61. The highest BCUT2D eigenvalue weighted by Gasteiger charge is 2.34. The summed E-state index contributed by atoms with van der Waals surface area (Å²) in [5.74, 6) is 2.05. The average molecular weight is 139 g/mol. The minimum Gasteiger partial charge on any atom is -0.314 e. The molecule has 2 rings (SSSR count). The first-order chi connectivity index (χ1) is 4.88. The summed E-state index contributed by atoms with van der Waals surface area (Å²) in [5, 5.41) is 3.56. The molecule has 0 spiro atoms. The highest BCUT2D eigenvalue weighted by molar-refractivity contribution is 4.89. The van der Waals surface area contributed by atoms with Crippen molar-refractivity contribution in [2.24, 2.45) is 11.8 Å².